The van der Waals surface area contributed by atoms with Crippen molar-refractivity contribution in [2.45, 2.75) is 0 Å². The van der Waals surface area contributed by atoms with Gasteiger partial charge in [-0.2, -0.15) is 0 Å². The number of furan rings is 1. The molecule has 0 spiro atoms. The summed E-state index contributed by atoms with van der Waals surface area (Å²) >= 11 is 0. The summed E-state index contributed by atoms with van der Waals surface area (Å²) in [7, 11) is 0. The number of fused-ring (bicyclic) bond motifs is 3. The van der Waals surface area contributed by atoms with Crippen LogP contribution in [-0.2, 0) is 0 Å². The van der Waals surface area contributed by atoms with Gasteiger partial charge in [-0.1, -0.05) is 0 Å². The summed E-state index contributed by atoms with van der Waals surface area (Å²) in [6.45, 7) is 0. The van der Waals surface area contributed by atoms with Crippen molar-refractivity contribution in [2.24, 2.45) is 0 Å². The van der Waals surface area contributed by atoms with Gasteiger partial charge in [-0.05, 0) is 6.07 Å². The van der Waals surface area contributed by atoms with E-state index in [0.717, 1.165) is 16.4 Å². The fourth-order valence-corrected chi connectivity index (χ4v) is 1.37. The van der Waals surface area contributed by atoms with Gasteiger partial charge in [0.05, 0.1) is 11.6 Å². The average molecular weight is 171 g/mol. The standard InChI is InChI=1S/C9H5N3O/c1-2-10-4-8-6(1)7-3-11-5-12-9(7)13-8/h1-5H. The molecule has 0 fully saturated rings. The molecule has 3 aromatic rings. The van der Waals surface area contributed by atoms with E-state index in [4.69, 9.17) is 4.42 Å². The van der Waals surface area contributed by atoms with E-state index in [9.17, 15) is 0 Å². The first-order valence-corrected chi connectivity index (χ1v) is 3.87. The summed E-state index contributed by atoms with van der Waals surface area (Å²) in [4.78, 5) is 11.9. The number of aromatic nitrogens is 3. The number of pyridine rings is 1. The Balaban J connectivity index is 2.64. The molecule has 0 saturated heterocycles. The Bertz CT molecular complexity index is 523. The largest absolute Gasteiger partial charge is 0.436 e. The highest BCUT2D eigenvalue weighted by Crippen LogP contribution is 2.24. The van der Waals surface area contributed by atoms with Crippen LogP contribution < -0.4 is 0 Å². The van der Waals surface area contributed by atoms with E-state index in [1.54, 1.807) is 18.6 Å². The summed E-state index contributed by atoms with van der Waals surface area (Å²) in [5.41, 5.74) is 1.36. The van der Waals surface area contributed by atoms with E-state index in [0.29, 0.717) is 5.71 Å². The normalized spacial score (nSPS) is 11.1. The summed E-state index contributed by atoms with van der Waals surface area (Å²) in [5, 5.41) is 1.94. The van der Waals surface area contributed by atoms with Crippen molar-refractivity contribution in [1.82, 2.24) is 15.0 Å². The third-order valence-corrected chi connectivity index (χ3v) is 1.96. The fraction of sp³-hybridized carbons (Fsp3) is 0. The Morgan fingerprint density at radius 3 is 3.08 bits per heavy atom. The van der Waals surface area contributed by atoms with E-state index in [2.05, 4.69) is 15.0 Å². The molecule has 0 aliphatic heterocycles. The van der Waals surface area contributed by atoms with Gasteiger partial charge in [-0.15, -0.1) is 0 Å². The molecule has 0 aromatic carbocycles. The Hall–Kier alpha value is -1.97. The molecular weight excluding hydrogens is 166 g/mol. The van der Waals surface area contributed by atoms with Gasteiger partial charge in [-0.3, -0.25) is 4.98 Å². The maximum atomic E-state index is 5.44. The lowest BCUT2D eigenvalue weighted by atomic mass is 10.2. The van der Waals surface area contributed by atoms with Crippen molar-refractivity contribution in [3.8, 4) is 0 Å². The Morgan fingerprint density at radius 2 is 2.08 bits per heavy atom. The van der Waals surface area contributed by atoms with Crippen LogP contribution in [0.25, 0.3) is 22.1 Å². The molecule has 4 nitrogen and oxygen atoms in total. The fourth-order valence-electron chi connectivity index (χ4n) is 1.37. The van der Waals surface area contributed by atoms with Gasteiger partial charge in [0, 0.05) is 17.8 Å². The van der Waals surface area contributed by atoms with Gasteiger partial charge in [0.15, 0.2) is 5.58 Å². The first-order valence-electron chi connectivity index (χ1n) is 3.87. The zero-order valence-corrected chi connectivity index (χ0v) is 6.64. The minimum Gasteiger partial charge on any atom is -0.436 e. The first kappa shape index (κ1) is 6.54. The molecule has 0 aliphatic carbocycles. The second kappa shape index (κ2) is 2.26. The molecule has 0 atom stereocenters. The highest BCUT2D eigenvalue weighted by Gasteiger charge is 2.05. The molecule has 0 saturated carbocycles. The van der Waals surface area contributed by atoms with E-state index < -0.39 is 0 Å². The smallest absolute Gasteiger partial charge is 0.230 e. The number of hydrogen-bond acceptors (Lipinski definition) is 4. The highest BCUT2D eigenvalue weighted by molar-refractivity contribution is 6.02. The van der Waals surface area contributed by atoms with E-state index >= 15 is 0 Å². The average Bonchev–Trinajstić information content (AvgIpc) is 2.56. The topological polar surface area (TPSA) is 51.8 Å². The number of rotatable bonds is 0. The monoisotopic (exact) mass is 171 g/mol. The molecule has 4 heteroatoms. The Labute approximate surface area is 73.2 Å². The first-order chi connectivity index (χ1) is 6.45. The quantitative estimate of drug-likeness (QED) is 0.517. The molecule has 3 aromatic heterocycles. The van der Waals surface area contributed by atoms with Crippen molar-refractivity contribution in [1.29, 1.82) is 0 Å². The van der Waals surface area contributed by atoms with Crippen LogP contribution in [0.4, 0.5) is 0 Å². The zero-order valence-electron chi connectivity index (χ0n) is 6.64. The predicted molar refractivity (Wildman–Crippen MR) is 47.1 cm³/mol. The molecular formula is C9H5N3O. The third kappa shape index (κ3) is 0.823. The second-order valence-corrected chi connectivity index (χ2v) is 2.72. The van der Waals surface area contributed by atoms with Gasteiger partial charge in [-0.25, -0.2) is 9.97 Å². The van der Waals surface area contributed by atoms with Crippen LogP contribution >= 0.6 is 0 Å². The predicted octanol–water partition coefficient (Wildman–Crippen LogP) is 1.77. The molecule has 13 heavy (non-hydrogen) atoms. The van der Waals surface area contributed by atoms with Gasteiger partial charge < -0.3 is 4.42 Å². The molecule has 62 valence electrons. The number of nitrogens with zero attached hydrogens (tertiary/aromatic N) is 3. The van der Waals surface area contributed by atoms with Crippen LogP contribution in [-0.4, -0.2) is 15.0 Å². The SMILES string of the molecule is c1cc2c(cn1)oc1ncncc12. The van der Waals surface area contributed by atoms with Crippen LogP contribution in [0.1, 0.15) is 0 Å². The van der Waals surface area contributed by atoms with Crippen molar-refractivity contribution in [2.75, 3.05) is 0 Å². The zero-order chi connectivity index (χ0) is 8.67. The Morgan fingerprint density at radius 1 is 1.08 bits per heavy atom. The van der Waals surface area contributed by atoms with Crippen LogP contribution in [0.3, 0.4) is 0 Å². The lowest BCUT2D eigenvalue weighted by molar-refractivity contribution is 0.651. The van der Waals surface area contributed by atoms with Crippen molar-refractivity contribution < 1.29 is 4.42 Å². The molecule has 0 aliphatic rings. The van der Waals surface area contributed by atoms with E-state index in [-0.39, 0.29) is 0 Å². The molecule has 3 heterocycles. The van der Waals surface area contributed by atoms with Gasteiger partial charge in [0.25, 0.3) is 0 Å². The number of hydrogen-bond donors (Lipinski definition) is 0. The van der Waals surface area contributed by atoms with Gasteiger partial charge in [0.1, 0.15) is 6.33 Å². The minimum absolute atomic E-state index is 0.609. The lowest BCUT2D eigenvalue weighted by Crippen LogP contribution is -1.74. The van der Waals surface area contributed by atoms with Gasteiger partial charge in [0.2, 0.25) is 5.71 Å². The minimum atomic E-state index is 0.609. The molecule has 0 unspecified atom stereocenters. The van der Waals surface area contributed by atoms with Crippen LogP contribution in [0.15, 0.2) is 35.4 Å². The summed E-state index contributed by atoms with van der Waals surface area (Å²) < 4.78 is 5.44. The van der Waals surface area contributed by atoms with E-state index in [1.165, 1.54) is 6.33 Å². The lowest BCUT2D eigenvalue weighted by Gasteiger charge is -1.83. The van der Waals surface area contributed by atoms with E-state index in [1.807, 2.05) is 6.07 Å². The molecule has 0 bridgehead atoms. The summed E-state index contributed by atoms with van der Waals surface area (Å²) in [6, 6.07) is 1.89. The van der Waals surface area contributed by atoms with Crippen LogP contribution in [0.5, 0.6) is 0 Å². The maximum absolute atomic E-state index is 5.44. The summed E-state index contributed by atoms with van der Waals surface area (Å²) in [6.07, 6.45) is 6.62. The van der Waals surface area contributed by atoms with Crippen molar-refractivity contribution in [3.63, 3.8) is 0 Å². The molecule has 0 N–H and O–H groups in total. The maximum Gasteiger partial charge on any atom is 0.230 e. The summed E-state index contributed by atoms with van der Waals surface area (Å²) in [5.74, 6) is 0. The molecule has 0 amide bonds. The molecule has 3 rings (SSSR count). The highest BCUT2D eigenvalue weighted by atomic mass is 16.3. The Kier molecular flexibility index (Phi) is 1.14. The van der Waals surface area contributed by atoms with Crippen LogP contribution in [0, 0.1) is 0 Å². The third-order valence-electron chi connectivity index (χ3n) is 1.96. The van der Waals surface area contributed by atoms with Crippen molar-refractivity contribution in [3.05, 3.63) is 31.0 Å². The molecule has 0 radical (unpaired) electrons. The second-order valence-electron chi connectivity index (χ2n) is 2.72. The van der Waals surface area contributed by atoms with Crippen molar-refractivity contribution >= 4 is 22.1 Å². The van der Waals surface area contributed by atoms with Crippen LogP contribution in [0.2, 0.25) is 0 Å². The van der Waals surface area contributed by atoms with Gasteiger partial charge >= 0.3 is 0 Å².